The molecule has 1 N–H and O–H groups in total. The maximum absolute atomic E-state index is 12.4. The fourth-order valence-electron chi connectivity index (χ4n) is 2.72. The molecule has 3 aromatic carbocycles. The molecular weight excluding hydrogens is 655 g/mol. The molecule has 0 spiro atoms. The molecule has 9 heteroatoms. The van der Waals surface area contributed by atoms with E-state index in [1.807, 2.05) is 36.4 Å². The quantitative estimate of drug-likeness (QED) is 0.176. The summed E-state index contributed by atoms with van der Waals surface area (Å²) < 4.78 is 19.3. The van der Waals surface area contributed by atoms with Gasteiger partial charge in [-0.1, -0.05) is 28.1 Å². The molecule has 0 aliphatic rings. The molecule has 0 radical (unpaired) electrons. The Morgan fingerprint density at radius 1 is 1.03 bits per heavy atom. The van der Waals surface area contributed by atoms with Crippen LogP contribution in [0.15, 0.2) is 68.6 Å². The number of nitrogens with zero attached hydrogens (tertiary/aromatic N) is 1. The summed E-state index contributed by atoms with van der Waals surface area (Å²) in [4.78, 5) is 12.4. The molecular formula is C23H19Br2IN2O4. The van der Waals surface area contributed by atoms with Crippen molar-refractivity contribution in [3.05, 3.63) is 83.8 Å². The van der Waals surface area contributed by atoms with Gasteiger partial charge in [0.15, 0.2) is 11.5 Å². The van der Waals surface area contributed by atoms with Gasteiger partial charge < -0.3 is 14.2 Å². The average molecular weight is 674 g/mol. The molecule has 0 atom stereocenters. The predicted molar refractivity (Wildman–Crippen MR) is 140 cm³/mol. The molecule has 32 heavy (non-hydrogen) atoms. The van der Waals surface area contributed by atoms with Crippen molar-refractivity contribution in [1.29, 1.82) is 0 Å². The third-order valence-electron chi connectivity index (χ3n) is 4.34. The zero-order valence-electron chi connectivity index (χ0n) is 17.2. The Labute approximate surface area is 216 Å². The van der Waals surface area contributed by atoms with Crippen LogP contribution < -0.4 is 19.6 Å². The first kappa shape index (κ1) is 24.5. The van der Waals surface area contributed by atoms with E-state index in [4.69, 9.17) is 14.2 Å². The molecule has 0 aliphatic carbocycles. The first-order chi connectivity index (χ1) is 15.4. The Morgan fingerprint density at radius 2 is 1.75 bits per heavy atom. The summed E-state index contributed by atoms with van der Waals surface area (Å²) in [5.41, 5.74) is 4.73. The van der Waals surface area contributed by atoms with E-state index in [-0.39, 0.29) is 5.91 Å². The molecule has 0 saturated carbocycles. The molecule has 0 unspecified atom stereocenters. The van der Waals surface area contributed by atoms with Crippen LogP contribution in [0, 0.1) is 3.57 Å². The minimum atomic E-state index is -0.337. The lowest BCUT2D eigenvalue weighted by Gasteiger charge is -2.13. The lowest BCUT2D eigenvalue weighted by atomic mass is 10.2. The predicted octanol–water partition coefficient (Wildman–Crippen LogP) is 6.18. The zero-order valence-corrected chi connectivity index (χ0v) is 22.5. The molecule has 1 amide bonds. The smallest absolute Gasteiger partial charge is 0.271 e. The van der Waals surface area contributed by atoms with Crippen LogP contribution >= 0.6 is 54.5 Å². The summed E-state index contributed by atoms with van der Waals surface area (Å²) in [5, 5.41) is 4.05. The van der Waals surface area contributed by atoms with Crippen LogP contribution in [0.25, 0.3) is 0 Å². The van der Waals surface area contributed by atoms with E-state index in [1.165, 1.54) is 6.21 Å². The molecule has 0 heterocycles. The summed E-state index contributed by atoms with van der Waals surface area (Å²) in [6.07, 6.45) is 1.54. The van der Waals surface area contributed by atoms with Gasteiger partial charge in [0.25, 0.3) is 5.91 Å². The third-order valence-corrected chi connectivity index (χ3v) is 6.35. The highest BCUT2D eigenvalue weighted by Gasteiger charge is 2.12. The topological polar surface area (TPSA) is 69.2 Å². The number of benzene rings is 3. The van der Waals surface area contributed by atoms with Crippen LogP contribution in [0.3, 0.4) is 0 Å². The second-order valence-corrected chi connectivity index (χ2v) is 9.43. The molecule has 6 nitrogen and oxygen atoms in total. The normalized spacial score (nSPS) is 10.8. The number of amides is 1. The molecule has 0 aliphatic heterocycles. The second-order valence-electron chi connectivity index (χ2n) is 6.50. The van der Waals surface area contributed by atoms with E-state index < -0.39 is 0 Å². The minimum absolute atomic E-state index is 0.337. The molecule has 0 fully saturated rings. The van der Waals surface area contributed by atoms with Gasteiger partial charge in [0, 0.05) is 10.0 Å². The van der Waals surface area contributed by atoms with Crippen LogP contribution in [0.5, 0.6) is 17.2 Å². The standard InChI is InChI=1S/C23H19Br2IN2O4/c1-30-20-11-16(5-8-19(20)26)23(29)28-27-12-15-9-18(25)22(21(10-15)31-2)32-13-14-3-6-17(24)7-4-14/h3-12H,13H2,1-2H3,(H,28,29)/b27-12-. The second kappa shape index (κ2) is 11.7. The van der Waals surface area contributed by atoms with Gasteiger partial charge in [0.2, 0.25) is 0 Å². The summed E-state index contributed by atoms with van der Waals surface area (Å²) >= 11 is 9.10. The minimum Gasteiger partial charge on any atom is -0.496 e. The van der Waals surface area contributed by atoms with Gasteiger partial charge in [-0.05, 0) is 92.1 Å². The maximum Gasteiger partial charge on any atom is 0.271 e. The van der Waals surface area contributed by atoms with E-state index in [0.717, 1.165) is 19.2 Å². The molecule has 166 valence electrons. The first-order valence-electron chi connectivity index (χ1n) is 9.33. The van der Waals surface area contributed by atoms with Crippen LogP contribution in [0.1, 0.15) is 21.5 Å². The Morgan fingerprint density at radius 3 is 2.44 bits per heavy atom. The van der Waals surface area contributed by atoms with Crippen molar-refractivity contribution in [2.75, 3.05) is 14.2 Å². The highest BCUT2D eigenvalue weighted by atomic mass is 127. The van der Waals surface area contributed by atoms with Gasteiger partial charge >= 0.3 is 0 Å². The lowest BCUT2D eigenvalue weighted by molar-refractivity contribution is 0.0954. The molecule has 3 rings (SSSR count). The van der Waals surface area contributed by atoms with Gasteiger partial charge in [-0.25, -0.2) is 5.43 Å². The first-order valence-corrected chi connectivity index (χ1v) is 12.0. The van der Waals surface area contributed by atoms with Gasteiger partial charge in [-0.2, -0.15) is 5.10 Å². The van der Waals surface area contributed by atoms with Crippen LogP contribution in [-0.4, -0.2) is 26.3 Å². The maximum atomic E-state index is 12.4. The summed E-state index contributed by atoms with van der Waals surface area (Å²) in [5.74, 6) is 1.43. The Bertz CT molecular complexity index is 1140. The SMILES string of the molecule is COc1cc(C(=O)N/N=C\c2cc(Br)c(OCc3ccc(Br)cc3)c(OC)c2)ccc1I. The number of carbonyl (C=O) groups is 1. The van der Waals surface area contributed by atoms with Crippen molar-refractivity contribution in [3.63, 3.8) is 0 Å². The Balaban J connectivity index is 1.69. The van der Waals surface area contributed by atoms with Gasteiger partial charge in [-0.15, -0.1) is 0 Å². The zero-order chi connectivity index (χ0) is 23.1. The molecule has 0 bridgehead atoms. The number of methoxy groups -OCH3 is 2. The van der Waals surface area contributed by atoms with Crippen molar-refractivity contribution in [2.45, 2.75) is 6.61 Å². The van der Waals surface area contributed by atoms with Crippen molar-refractivity contribution in [3.8, 4) is 17.2 Å². The van der Waals surface area contributed by atoms with E-state index >= 15 is 0 Å². The Kier molecular flexibility index (Phi) is 8.94. The van der Waals surface area contributed by atoms with Crippen molar-refractivity contribution < 1.29 is 19.0 Å². The van der Waals surface area contributed by atoms with Gasteiger partial charge in [0.1, 0.15) is 12.4 Å². The third kappa shape index (κ3) is 6.46. The number of nitrogens with one attached hydrogen (secondary N) is 1. The van der Waals surface area contributed by atoms with Crippen molar-refractivity contribution in [2.24, 2.45) is 5.10 Å². The number of ether oxygens (including phenoxy) is 3. The van der Waals surface area contributed by atoms with E-state index in [1.54, 1.807) is 32.4 Å². The number of rotatable bonds is 8. The number of hydrogen-bond acceptors (Lipinski definition) is 5. The van der Waals surface area contributed by atoms with Crippen molar-refractivity contribution >= 4 is 66.6 Å². The molecule has 3 aromatic rings. The number of halogens is 3. The van der Waals surface area contributed by atoms with E-state index in [2.05, 4.69) is 65.0 Å². The molecule has 0 saturated heterocycles. The largest absolute Gasteiger partial charge is 0.496 e. The number of hydrogen-bond donors (Lipinski definition) is 1. The highest BCUT2D eigenvalue weighted by Crippen LogP contribution is 2.37. The highest BCUT2D eigenvalue weighted by molar-refractivity contribution is 14.1. The monoisotopic (exact) mass is 672 g/mol. The summed E-state index contributed by atoms with van der Waals surface area (Å²) in [6, 6.07) is 16.7. The average Bonchev–Trinajstić information content (AvgIpc) is 2.79. The molecule has 0 aromatic heterocycles. The van der Waals surface area contributed by atoms with E-state index in [0.29, 0.717) is 33.9 Å². The van der Waals surface area contributed by atoms with Crippen LogP contribution in [0.4, 0.5) is 0 Å². The fourth-order valence-corrected chi connectivity index (χ4v) is 4.12. The summed E-state index contributed by atoms with van der Waals surface area (Å²) in [6.45, 7) is 0.394. The van der Waals surface area contributed by atoms with Crippen LogP contribution in [-0.2, 0) is 6.61 Å². The summed E-state index contributed by atoms with van der Waals surface area (Å²) in [7, 11) is 3.13. The van der Waals surface area contributed by atoms with Crippen molar-refractivity contribution in [1.82, 2.24) is 5.43 Å². The Hall–Kier alpha value is -2.11. The van der Waals surface area contributed by atoms with Crippen LogP contribution in [0.2, 0.25) is 0 Å². The number of hydrazone groups is 1. The fraction of sp³-hybridized carbons (Fsp3) is 0.130. The number of carbonyl (C=O) groups excluding carboxylic acids is 1. The van der Waals surface area contributed by atoms with E-state index in [9.17, 15) is 4.79 Å². The van der Waals surface area contributed by atoms with Gasteiger partial charge in [0.05, 0.1) is 28.5 Å². The van der Waals surface area contributed by atoms with Gasteiger partial charge in [-0.3, -0.25) is 4.79 Å². The lowest BCUT2D eigenvalue weighted by Crippen LogP contribution is -2.17.